The average molecular weight is 560 g/mol. The maximum atomic E-state index is 13.9. The number of rotatable bonds is 5. The molecular weight excluding hydrogens is 532 g/mol. The van der Waals surface area contributed by atoms with E-state index in [0.717, 1.165) is 23.1 Å². The molecule has 1 aliphatic heterocycles. The minimum atomic E-state index is -1.15. The van der Waals surface area contributed by atoms with E-state index in [4.69, 9.17) is 9.47 Å². The lowest BCUT2D eigenvalue weighted by Crippen LogP contribution is -2.37. The Morgan fingerprint density at radius 2 is 1.76 bits per heavy atom. The average Bonchev–Trinajstić information content (AvgIpc) is 3.26. The van der Waals surface area contributed by atoms with Crippen molar-refractivity contribution in [2.75, 3.05) is 18.5 Å². The summed E-state index contributed by atoms with van der Waals surface area (Å²) in [5.74, 6) is -3.21. The smallest absolute Gasteiger partial charge is 0.417 e. The number of para-hydroxylation sites is 1. The van der Waals surface area contributed by atoms with E-state index in [1.165, 1.54) is 17.2 Å². The summed E-state index contributed by atoms with van der Waals surface area (Å²) < 4.78 is 38.2. The van der Waals surface area contributed by atoms with Gasteiger partial charge in [0, 0.05) is 46.4 Å². The highest BCUT2D eigenvalue weighted by molar-refractivity contribution is 6.18. The zero-order chi connectivity index (χ0) is 29.3. The van der Waals surface area contributed by atoms with Gasteiger partial charge in [-0.25, -0.2) is 18.4 Å². The Hall–Kier alpha value is -4.99. The van der Waals surface area contributed by atoms with Crippen molar-refractivity contribution in [1.29, 1.82) is 0 Å². The maximum Gasteiger partial charge on any atom is 0.417 e. The third kappa shape index (κ3) is 5.54. The molecule has 0 bridgehead atoms. The number of esters is 1. The molecule has 10 heteroatoms. The van der Waals surface area contributed by atoms with Gasteiger partial charge < -0.3 is 19.4 Å². The van der Waals surface area contributed by atoms with Crippen molar-refractivity contribution in [2.24, 2.45) is 0 Å². The summed E-state index contributed by atoms with van der Waals surface area (Å²) in [5, 5.41) is 3.41. The largest absolute Gasteiger partial charge is 0.462 e. The standard InChI is InChI=1S/C31H27F2N3O5/c1-4-40-29(38)22-16-36(28(37)18-10-13-23(32)24(33)14-18)17-31(2,3)26-21-12-11-20(15-25(21)35-27(22)26)41-30(39)34-19-8-6-5-7-9-19/h5-16,35H,4,17H2,1-3H3,(H,34,39). The quantitative estimate of drug-likeness (QED) is 0.276. The number of benzene rings is 3. The number of nitrogens with one attached hydrogen (secondary N) is 2. The fraction of sp³-hybridized carbons (Fsp3) is 0.194. The molecule has 0 saturated heterocycles. The van der Waals surface area contributed by atoms with E-state index in [1.54, 1.807) is 49.4 Å². The van der Waals surface area contributed by atoms with Crippen LogP contribution < -0.4 is 10.1 Å². The van der Waals surface area contributed by atoms with Crippen LogP contribution in [0.5, 0.6) is 5.75 Å². The number of carbonyl (C=O) groups excluding carboxylic acids is 3. The van der Waals surface area contributed by atoms with E-state index in [2.05, 4.69) is 10.3 Å². The van der Waals surface area contributed by atoms with Gasteiger partial charge in [0.15, 0.2) is 11.6 Å². The van der Waals surface area contributed by atoms with Crippen LogP contribution in [0.2, 0.25) is 0 Å². The number of halogens is 2. The number of H-pyrrole nitrogens is 1. The van der Waals surface area contributed by atoms with Crippen LogP contribution in [0.1, 0.15) is 42.4 Å². The number of aromatic amines is 1. The molecule has 2 heterocycles. The Morgan fingerprint density at radius 3 is 2.46 bits per heavy atom. The van der Waals surface area contributed by atoms with E-state index in [-0.39, 0.29) is 30.0 Å². The fourth-order valence-electron chi connectivity index (χ4n) is 4.98. The van der Waals surface area contributed by atoms with Gasteiger partial charge in [-0.3, -0.25) is 10.1 Å². The van der Waals surface area contributed by atoms with Gasteiger partial charge in [-0.05, 0) is 55.0 Å². The predicted molar refractivity (Wildman–Crippen MR) is 149 cm³/mol. The van der Waals surface area contributed by atoms with Crippen molar-refractivity contribution >= 4 is 40.1 Å². The summed E-state index contributed by atoms with van der Waals surface area (Å²) >= 11 is 0. The van der Waals surface area contributed by atoms with Crippen LogP contribution in [0.4, 0.5) is 19.3 Å². The number of hydrogen-bond acceptors (Lipinski definition) is 5. The Morgan fingerprint density at radius 1 is 1.00 bits per heavy atom. The highest BCUT2D eigenvalue weighted by atomic mass is 19.2. The molecule has 2 amide bonds. The molecule has 1 aromatic heterocycles. The van der Waals surface area contributed by atoms with Gasteiger partial charge in [-0.1, -0.05) is 32.0 Å². The van der Waals surface area contributed by atoms with Crippen molar-refractivity contribution in [3.8, 4) is 5.75 Å². The van der Waals surface area contributed by atoms with E-state index in [0.29, 0.717) is 16.9 Å². The Labute approximate surface area is 234 Å². The van der Waals surface area contributed by atoms with Gasteiger partial charge >= 0.3 is 12.1 Å². The Kier molecular flexibility index (Phi) is 7.32. The van der Waals surface area contributed by atoms with Gasteiger partial charge in [-0.15, -0.1) is 0 Å². The molecule has 1 aliphatic rings. The van der Waals surface area contributed by atoms with Crippen molar-refractivity contribution in [3.05, 3.63) is 101 Å². The molecule has 2 N–H and O–H groups in total. The van der Waals surface area contributed by atoms with E-state index < -0.39 is 35.0 Å². The van der Waals surface area contributed by atoms with Crippen molar-refractivity contribution in [3.63, 3.8) is 0 Å². The van der Waals surface area contributed by atoms with E-state index in [9.17, 15) is 23.2 Å². The van der Waals surface area contributed by atoms with Crippen LogP contribution >= 0.6 is 0 Å². The lowest BCUT2D eigenvalue weighted by atomic mass is 9.81. The number of ether oxygens (including phenoxy) is 2. The summed E-state index contributed by atoms with van der Waals surface area (Å²) in [6, 6.07) is 16.8. The zero-order valence-electron chi connectivity index (χ0n) is 22.6. The van der Waals surface area contributed by atoms with Gasteiger partial charge in [0.05, 0.1) is 17.9 Å². The number of nitrogens with zero attached hydrogens (tertiary/aromatic N) is 1. The normalized spacial score (nSPS) is 14.1. The van der Waals surface area contributed by atoms with Crippen LogP contribution in [0.25, 0.3) is 16.5 Å². The van der Waals surface area contributed by atoms with Crippen molar-refractivity contribution < 1.29 is 32.6 Å². The first kappa shape index (κ1) is 27.6. The van der Waals surface area contributed by atoms with Crippen LogP contribution in [0.3, 0.4) is 0 Å². The first-order chi connectivity index (χ1) is 19.6. The monoisotopic (exact) mass is 559 g/mol. The SMILES string of the molecule is CCOC(=O)C1=CN(C(=O)c2ccc(F)c(F)c2)CC(C)(C)c2c1[nH]c1cc(OC(=O)Nc3ccccc3)ccc21. The van der Waals surface area contributed by atoms with Gasteiger partial charge in [-0.2, -0.15) is 0 Å². The zero-order valence-corrected chi connectivity index (χ0v) is 22.6. The number of aromatic nitrogens is 1. The van der Waals surface area contributed by atoms with E-state index >= 15 is 0 Å². The molecule has 0 unspecified atom stereocenters. The van der Waals surface area contributed by atoms with Crippen LogP contribution in [0, 0.1) is 11.6 Å². The third-order valence-electron chi connectivity index (χ3n) is 6.72. The molecule has 0 saturated carbocycles. The number of amides is 2. The molecular formula is C31H27F2N3O5. The molecule has 0 aliphatic carbocycles. The first-order valence-corrected chi connectivity index (χ1v) is 12.9. The molecule has 3 aromatic carbocycles. The minimum Gasteiger partial charge on any atom is -0.462 e. The molecule has 0 spiro atoms. The van der Waals surface area contributed by atoms with Gasteiger partial charge in [0.1, 0.15) is 5.75 Å². The maximum absolute atomic E-state index is 13.9. The number of hydrogen-bond donors (Lipinski definition) is 2. The van der Waals surface area contributed by atoms with Gasteiger partial charge in [0.2, 0.25) is 0 Å². The van der Waals surface area contributed by atoms with Crippen LogP contribution in [-0.4, -0.2) is 41.0 Å². The summed E-state index contributed by atoms with van der Waals surface area (Å²) in [6.07, 6.45) is 0.706. The number of anilines is 1. The third-order valence-corrected chi connectivity index (χ3v) is 6.72. The highest BCUT2D eigenvalue weighted by Crippen LogP contribution is 2.41. The molecule has 210 valence electrons. The summed E-state index contributed by atoms with van der Waals surface area (Å²) in [7, 11) is 0. The molecule has 0 fully saturated rings. The molecule has 0 atom stereocenters. The summed E-state index contributed by atoms with van der Waals surface area (Å²) in [4.78, 5) is 43.6. The van der Waals surface area contributed by atoms with Gasteiger partial charge in [0.25, 0.3) is 5.91 Å². The topological polar surface area (TPSA) is 101 Å². The lowest BCUT2D eigenvalue weighted by Gasteiger charge is -2.29. The predicted octanol–water partition coefficient (Wildman–Crippen LogP) is 6.39. The molecule has 8 nitrogen and oxygen atoms in total. The molecule has 4 aromatic rings. The second-order valence-corrected chi connectivity index (χ2v) is 10.2. The molecule has 0 radical (unpaired) electrons. The lowest BCUT2D eigenvalue weighted by molar-refractivity contribution is -0.136. The van der Waals surface area contributed by atoms with Crippen molar-refractivity contribution in [2.45, 2.75) is 26.2 Å². The summed E-state index contributed by atoms with van der Waals surface area (Å²) in [5.41, 5.74) is 1.67. The van der Waals surface area contributed by atoms with E-state index in [1.807, 2.05) is 19.9 Å². The second kappa shape index (κ2) is 10.9. The Balaban J connectivity index is 1.54. The fourth-order valence-corrected chi connectivity index (χ4v) is 4.98. The summed E-state index contributed by atoms with van der Waals surface area (Å²) in [6.45, 7) is 5.69. The first-order valence-electron chi connectivity index (χ1n) is 12.9. The van der Waals surface area contributed by atoms with Crippen LogP contribution in [-0.2, 0) is 14.9 Å². The number of fused-ring (bicyclic) bond motifs is 3. The van der Waals surface area contributed by atoms with Crippen molar-refractivity contribution in [1.82, 2.24) is 9.88 Å². The Bertz CT molecular complexity index is 1690. The highest BCUT2D eigenvalue weighted by Gasteiger charge is 2.37. The molecule has 41 heavy (non-hydrogen) atoms. The molecule has 5 rings (SSSR count). The number of carbonyl (C=O) groups is 3. The van der Waals surface area contributed by atoms with Crippen LogP contribution in [0.15, 0.2) is 72.9 Å². The second-order valence-electron chi connectivity index (χ2n) is 10.2. The minimum absolute atomic E-state index is 0.0647.